The molecule has 0 saturated heterocycles. The maximum atomic E-state index is 12.7. The predicted octanol–water partition coefficient (Wildman–Crippen LogP) is 3.71. The third-order valence-corrected chi connectivity index (χ3v) is 3.93. The van der Waals surface area contributed by atoms with Crippen molar-refractivity contribution in [1.82, 2.24) is 0 Å². The molecule has 0 radical (unpaired) electrons. The van der Waals surface area contributed by atoms with Crippen LogP contribution in [0.5, 0.6) is 5.75 Å². The summed E-state index contributed by atoms with van der Waals surface area (Å²) >= 11 is 0. The lowest BCUT2D eigenvalue weighted by molar-refractivity contribution is -0.153. The van der Waals surface area contributed by atoms with Crippen LogP contribution >= 0.6 is 0 Å². The Kier molecular flexibility index (Phi) is 8.10. The fourth-order valence-electron chi connectivity index (χ4n) is 2.60. The number of ether oxygens (including phenoxy) is 2. The molecule has 0 N–H and O–H groups in total. The normalized spacial score (nSPS) is 11.4. The molecule has 2 rings (SSSR count). The maximum Gasteiger partial charge on any atom is 0.387 e. The number of amides is 1. The molecule has 152 valence electrons. The van der Waals surface area contributed by atoms with Gasteiger partial charge in [-0.15, -0.1) is 0 Å². The summed E-state index contributed by atoms with van der Waals surface area (Å²) in [5.41, 5.74) is 1.13. The Labute approximate surface area is 167 Å². The SMILES string of the molecule is CC(OC(=O)Cc1ccc(OC(F)F)cc1)C(=O)N(CCC#N)c1ccccc1. The predicted molar refractivity (Wildman–Crippen MR) is 101 cm³/mol. The molecule has 0 saturated carbocycles. The average molecular weight is 402 g/mol. The maximum absolute atomic E-state index is 12.7. The smallest absolute Gasteiger partial charge is 0.387 e. The van der Waals surface area contributed by atoms with Crippen molar-refractivity contribution in [3.05, 3.63) is 60.2 Å². The number of alkyl halides is 2. The molecule has 0 spiro atoms. The Morgan fingerprint density at radius 2 is 1.76 bits per heavy atom. The van der Waals surface area contributed by atoms with Gasteiger partial charge < -0.3 is 14.4 Å². The van der Waals surface area contributed by atoms with Gasteiger partial charge in [0.25, 0.3) is 5.91 Å². The molecule has 0 aliphatic carbocycles. The first kappa shape index (κ1) is 21.8. The fraction of sp³-hybridized carbons (Fsp3) is 0.286. The number of carbonyl (C=O) groups is 2. The minimum absolute atomic E-state index is 0.0170. The molecule has 29 heavy (non-hydrogen) atoms. The lowest BCUT2D eigenvalue weighted by Gasteiger charge is -2.25. The van der Waals surface area contributed by atoms with Crippen LogP contribution in [0.15, 0.2) is 54.6 Å². The van der Waals surface area contributed by atoms with Gasteiger partial charge in [-0.05, 0) is 36.8 Å². The number of carbonyl (C=O) groups excluding carboxylic acids is 2. The number of halogens is 2. The van der Waals surface area contributed by atoms with E-state index in [0.717, 1.165) is 0 Å². The Morgan fingerprint density at radius 3 is 2.34 bits per heavy atom. The molecular weight excluding hydrogens is 382 g/mol. The number of anilines is 1. The summed E-state index contributed by atoms with van der Waals surface area (Å²) in [7, 11) is 0. The van der Waals surface area contributed by atoms with Gasteiger partial charge in [-0.1, -0.05) is 30.3 Å². The van der Waals surface area contributed by atoms with Gasteiger partial charge >= 0.3 is 12.6 Å². The highest BCUT2D eigenvalue weighted by molar-refractivity contribution is 5.97. The number of rotatable bonds is 9. The van der Waals surface area contributed by atoms with E-state index in [0.29, 0.717) is 11.3 Å². The van der Waals surface area contributed by atoms with Crippen molar-refractivity contribution in [2.45, 2.75) is 32.5 Å². The lowest BCUT2D eigenvalue weighted by Crippen LogP contribution is -2.40. The summed E-state index contributed by atoms with van der Waals surface area (Å²) in [6.45, 7) is -1.29. The third-order valence-electron chi connectivity index (χ3n) is 3.93. The molecular formula is C21H20F2N2O4. The van der Waals surface area contributed by atoms with Crippen molar-refractivity contribution in [2.75, 3.05) is 11.4 Å². The zero-order valence-electron chi connectivity index (χ0n) is 15.8. The Balaban J connectivity index is 1.97. The molecule has 0 bridgehead atoms. The highest BCUT2D eigenvalue weighted by atomic mass is 19.3. The standard InChI is InChI=1S/C21H20F2N2O4/c1-15(20(27)25(13-5-12-24)17-6-3-2-4-7-17)28-19(26)14-16-8-10-18(11-9-16)29-21(22)23/h2-4,6-11,15,21H,5,13-14H2,1H3. The summed E-state index contributed by atoms with van der Waals surface area (Å²) in [6, 6.07) is 16.4. The molecule has 0 aliphatic rings. The molecule has 2 aromatic carbocycles. The zero-order valence-corrected chi connectivity index (χ0v) is 15.8. The fourth-order valence-corrected chi connectivity index (χ4v) is 2.60. The van der Waals surface area contributed by atoms with Crippen LogP contribution < -0.4 is 9.64 Å². The van der Waals surface area contributed by atoms with Crippen LogP contribution in [0.4, 0.5) is 14.5 Å². The van der Waals surface area contributed by atoms with E-state index in [2.05, 4.69) is 4.74 Å². The number of esters is 1. The van der Waals surface area contributed by atoms with Crippen LogP contribution in [0.1, 0.15) is 18.9 Å². The molecule has 0 aromatic heterocycles. The number of para-hydroxylation sites is 1. The molecule has 6 nitrogen and oxygen atoms in total. The van der Waals surface area contributed by atoms with E-state index in [9.17, 15) is 18.4 Å². The van der Waals surface area contributed by atoms with Gasteiger partial charge in [0.1, 0.15) is 5.75 Å². The minimum Gasteiger partial charge on any atom is -0.452 e. The molecule has 2 aromatic rings. The summed E-state index contributed by atoms with van der Waals surface area (Å²) in [5, 5.41) is 8.84. The topological polar surface area (TPSA) is 79.6 Å². The second-order valence-electron chi connectivity index (χ2n) is 6.06. The van der Waals surface area contributed by atoms with Crippen molar-refractivity contribution in [3.8, 4) is 11.8 Å². The average Bonchev–Trinajstić information content (AvgIpc) is 2.70. The Bertz CT molecular complexity index is 851. The summed E-state index contributed by atoms with van der Waals surface area (Å²) in [5.74, 6) is -1.10. The molecule has 0 heterocycles. The first-order valence-corrected chi connectivity index (χ1v) is 8.87. The number of nitriles is 1. The van der Waals surface area contributed by atoms with Crippen LogP contribution in [0, 0.1) is 11.3 Å². The van der Waals surface area contributed by atoms with Crippen molar-refractivity contribution in [3.63, 3.8) is 0 Å². The van der Waals surface area contributed by atoms with Gasteiger partial charge in [0.05, 0.1) is 18.9 Å². The minimum atomic E-state index is -2.92. The van der Waals surface area contributed by atoms with Crippen LogP contribution in [-0.2, 0) is 20.7 Å². The monoisotopic (exact) mass is 402 g/mol. The molecule has 8 heteroatoms. The van der Waals surface area contributed by atoms with Crippen molar-refractivity contribution in [1.29, 1.82) is 5.26 Å². The molecule has 0 fully saturated rings. The van der Waals surface area contributed by atoms with E-state index in [1.807, 2.05) is 6.07 Å². The summed E-state index contributed by atoms with van der Waals surface area (Å²) in [6.07, 6.45) is -1.05. The highest BCUT2D eigenvalue weighted by Crippen LogP contribution is 2.18. The van der Waals surface area contributed by atoms with E-state index in [1.54, 1.807) is 30.3 Å². The van der Waals surface area contributed by atoms with Gasteiger partial charge in [0.15, 0.2) is 6.10 Å². The number of hydrogen-bond donors (Lipinski definition) is 0. The third kappa shape index (κ3) is 6.88. The van der Waals surface area contributed by atoms with Crippen molar-refractivity contribution >= 4 is 17.6 Å². The number of nitrogens with zero attached hydrogens (tertiary/aromatic N) is 2. The number of benzene rings is 2. The Hall–Kier alpha value is -3.47. The van der Waals surface area contributed by atoms with Gasteiger partial charge in [0, 0.05) is 12.2 Å². The van der Waals surface area contributed by atoms with Crippen LogP contribution in [0.2, 0.25) is 0 Å². The second-order valence-corrected chi connectivity index (χ2v) is 6.06. The van der Waals surface area contributed by atoms with Crippen LogP contribution in [-0.4, -0.2) is 31.1 Å². The summed E-state index contributed by atoms with van der Waals surface area (Å²) < 4.78 is 33.8. The van der Waals surface area contributed by atoms with Crippen molar-refractivity contribution in [2.24, 2.45) is 0 Å². The van der Waals surface area contributed by atoms with Gasteiger partial charge in [-0.3, -0.25) is 9.59 Å². The molecule has 1 amide bonds. The van der Waals surface area contributed by atoms with E-state index in [-0.39, 0.29) is 25.1 Å². The molecule has 1 atom stereocenters. The van der Waals surface area contributed by atoms with E-state index in [1.165, 1.54) is 36.1 Å². The quantitative estimate of drug-likeness (QED) is 0.598. The van der Waals surface area contributed by atoms with Gasteiger partial charge in [-0.2, -0.15) is 14.0 Å². The molecule has 1 unspecified atom stereocenters. The first-order chi connectivity index (χ1) is 13.9. The summed E-state index contributed by atoms with van der Waals surface area (Å²) in [4.78, 5) is 26.3. The lowest BCUT2D eigenvalue weighted by atomic mass is 10.1. The number of hydrogen-bond acceptors (Lipinski definition) is 5. The van der Waals surface area contributed by atoms with Crippen molar-refractivity contribution < 1.29 is 27.8 Å². The van der Waals surface area contributed by atoms with Crippen LogP contribution in [0.3, 0.4) is 0 Å². The van der Waals surface area contributed by atoms with Crippen LogP contribution in [0.25, 0.3) is 0 Å². The first-order valence-electron chi connectivity index (χ1n) is 8.87. The Morgan fingerprint density at radius 1 is 1.10 bits per heavy atom. The largest absolute Gasteiger partial charge is 0.452 e. The zero-order chi connectivity index (χ0) is 21.2. The van der Waals surface area contributed by atoms with E-state index in [4.69, 9.17) is 10.00 Å². The second kappa shape index (κ2) is 10.8. The van der Waals surface area contributed by atoms with E-state index < -0.39 is 24.6 Å². The molecule has 0 aliphatic heterocycles. The van der Waals surface area contributed by atoms with E-state index >= 15 is 0 Å². The van der Waals surface area contributed by atoms with Gasteiger partial charge in [-0.25, -0.2) is 0 Å². The highest BCUT2D eigenvalue weighted by Gasteiger charge is 2.25. The van der Waals surface area contributed by atoms with Gasteiger partial charge in [0.2, 0.25) is 0 Å².